The van der Waals surface area contributed by atoms with Gasteiger partial charge in [0.15, 0.2) is 0 Å². The van der Waals surface area contributed by atoms with Gasteiger partial charge in [0, 0.05) is 12.1 Å². The van der Waals surface area contributed by atoms with Gasteiger partial charge in [0.1, 0.15) is 0 Å². The third kappa shape index (κ3) is 2.68. The second kappa shape index (κ2) is 4.97. The summed E-state index contributed by atoms with van der Waals surface area (Å²) in [6.45, 7) is 9.67. The van der Waals surface area contributed by atoms with Gasteiger partial charge < -0.3 is 10.1 Å². The van der Waals surface area contributed by atoms with Crippen LogP contribution in [0.4, 0.5) is 0 Å². The largest absolute Gasteiger partial charge is 0.380 e. The van der Waals surface area contributed by atoms with Gasteiger partial charge in [0.05, 0.1) is 6.61 Å². The monoisotopic (exact) mass is 185 g/mol. The molecule has 0 saturated carbocycles. The molecule has 0 aliphatic carbocycles. The molecule has 0 radical (unpaired) electrons. The van der Waals surface area contributed by atoms with Gasteiger partial charge in [-0.2, -0.15) is 0 Å². The molecule has 1 fully saturated rings. The lowest BCUT2D eigenvalue weighted by Gasteiger charge is -2.33. The van der Waals surface area contributed by atoms with Crippen molar-refractivity contribution < 1.29 is 4.74 Å². The van der Waals surface area contributed by atoms with Gasteiger partial charge in [-0.15, -0.1) is 0 Å². The van der Waals surface area contributed by atoms with Crippen LogP contribution in [0.25, 0.3) is 0 Å². The zero-order valence-corrected chi connectivity index (χ0v) is 9.23. The third-order valence-corrected chi connectivity index (χ3v) is 3.09. The molecule has 1 heterocycles. The molecule has 13 heavy (non-hydrogen) atoms. The van der Waals surface area contributed by atoms with Gasteiger partial charge >= 0.3 is 0 Å². The van der Waals surface area contributed by atoms with E-state index in [4.69, 9.17) is 4.74 Å². The Morgan fingerprint density at radius 2 is 2.23 bits per heavy atom. The predicted octanol–water partition coefficient (Wildman–Crippen LogP) is 2.19. The van der Waals surface area contributed by atoms with E-state index in [2.05, 4.69) is 26.1 Å². The van der Waals surface area contributed by atoms with Gasteiger partial charge in [-0.25, -0.2) is 0 Å². The number of nitrogens with one attached hydrogen (secondary N) is 1. The Hall–Kier alpha value is -0.0800. The maximum atomic E-state index is 5.67. The standard InChI is InChI=1S/C11H23NO/c1-4-8-13-9-11(10(2)3)6-5-7-12-11/h10,12H,4-9H2,1-3H3. The van der Waals surface area contributed by atoms with Gasteiger partial charge in [0.25, 0.3) is 0 Å². The second-order valence-corrected chi connectivity index (χ2v) is 4.39. The van der Waals surface area contributed by atoms with E-state index in [-0.39, 0.29) is 5.54 Å². The van der Waals surface area contributed by atoms with Crippen LogP contribution >= 0.6 is 0 Å². The van der Waals surface area contributed by atoms with Crippen LogP contribution < -0.4 is 5.32 Å². The number of ether oxygens (including phenoxy) is 1. The zero-order chi connectivity index (χ0) is 9.73. The van der Waals surface area contributed by atoms with Crippen LogP contribution in [0.1, 0.15) is 40.0 Å². The van der Waals surface area contributed by atoms with Crippen LogP contribution in [-0.2, 0) is 4.74 Å². The van der Waals surface area contributed by atoms with Crippen molar-refractivity contribution in [3.8, 4) is 0 Å². The first-order chi connectivity index (χ1) is 6.21. The summed E-state index contributed by atoms with van der Waals surface area (Å²) in [4.78, 5) is 0. The molecule has 78 valence electrons. The Labute approximate surface area is 82.0 Å². The first-order valence-corrected chi connectivity index (χ1v) is 5.54. The average molecular weight is 185 g/mol. The van der Waals surface area contributed by atoms with E-state index in [1.54, 1.807) is 0 Å². The number of hydrogen-bond acceptors (Lipinski definition) is 2. The van der Waals surface area contributed by atoms with E-state index in [1.807, 2.05) is 0 Å². The minimum atomic E-state index is 0.273. The zero-order valence-electron chi connectivity index (χ0n) is 9.23. The first-order valence-electron chi connectivity index (χ1n) is 5.54. The SMILES string of the molecule is CCCOCC1(C(C)C)CCCN1. The summed E-state index contributed by atoms with van der Waals surface area (Å²) in [6, 6.07) is 0. The summed E-state index contributed by atoms with van der Waals surface area (Å²) in [5.74, 6) is 0.673. The van der Waals surface area contributed by atoms with Crippen molar-refractivity contribution in [1.82, 2.24) is 5.32 Å². The summed E-state index contributed by atoms with van der Waals surface area (Å²) < 4.78 is 5.67. The van der Waals surface area contributed by atoms with Crippen molar-refractivity contribution in [2.24, 2.45) is 5.92 Å². The van der Waals surface area contributed by atoms with Crippen LogP contribution in [0.5, 0.6) is 0 Å². The quantitative estimate of drug-likeness (QED) is 0.663. The summed E-state index contributed by atoms with van der Waals surface area (Å²) in [6.07, 6.45) is 3.69. The van der Waals surface area contributed by atoms with Crippen molar-refractivity contribution >= 4 is 0 Å². The number of rotatable bonds is 5. The maximum Gasteiger partial charge on any atom is 0.0650 e. The molecule has 0 aromatic heterocycles. The Balaban J connectivity index is 2.38. The van der Waals surface area contributed by atoms with Crippen LogP contribution in [0.15, 0.2) is 0 Å². The second-order valence-electron chi connectivity index (χ2n) is 4.39. The van der Waals surface area contributed by atoms with E-state index in [9.17, 15) is 0 Å². The predicted molar refractivity (Wildman–Crippen MR) is 55.9 cm³/mol. The first kappa shape index (κ1) is 11.0. The molecule has 1 rings (SSSR count). The lowest BCUT2D eigenvalue weighted by atomic mass is 9.86. The highest BCUT2D eigenvalue weighted by atomic mass is 16.5. The Morgan fingerprint density at radius 1 is 1.46 bits per heavy atom. The molecule has 2 heteroatoms. The highest BCUT2D eigenvalue weighted by Crippen LogP contribution is 2.27. The normalized spacial score (nSPS) is 28.6. The Kier molecular flexibility index (Phi) is 4.20. The van der Waals surface area contributed by atoms with Gasteiger partial charge in [0.2, 0.25) is 0 Å². The van der Waals surface area contributed by atoms with Crippen LogP contribution in [0.2, 0.25) is 0 Å². The highest BCUT2D eigenvalue weighted by Gasteiger charge is 2.36. The molecule has 1 atom stereocenters. The average Bonchev–Trinajstić information content (AvgIpc) is 2.55. The molecule has 2 nitrogen and oxygen atoms in total. The molecular formula is C11H23NO. The van der Waals surface area contributed by atoms with Crippen molar-refractivity contribution in [2.45, 2.75) is 45.6 Å². The molecule has 0 spiro atoms. The molecule has 0 bridgehead atoms. The highest BCUT2D eigenvalue weighted by molar-refractivity contribution is 4.95. The Bertz CT molecular complexity index is 139. The van der Waals surface area contributed by atoms with Crippen LogP contribution in [-0.4, -0.2) is 25.3 Å². The Morgan fingerprint density at radius 3 is 2.69 bits per heavy atom. The molecule has 1 aliphatic heterocycles. The minimum Gasteiger partial charge on any atom is -0.380 e. The summed E-state index contributed by atoms with van der Waals surface area (Å²) in [5, 5.41) is 3.60. The molecule has 0 aromatic carbocycles. The van der Waals surface area contributed by atoms with Gasteiger partial charge in [-0.05, 0) is 31.7 Å². The molecule has 0 aromatic rings. The fourth-order valence-corrected chi connectivity index (χ4v) is 2.01. The molecule has 1 aliphatic rings. The lowest BCUT2D eigenvalue weighted by molar-refractivity contribution is 0.0551. The van der Waals surface area contributed by atoms with Gasteiger partial charge in [-0.3, -0.25) is 0 Å². The molecule has 1 unspecified atom stereocenters. The molecule has 1 N–H and O–H groups in total. The van der Waals surface area contributed by atoms with E-state index < -0.39 is 0 Å². The molecule has 0 amide bonds. The fourth-order valence-electron chi connectivity index (χ4n) is 2.01. The number of hydrogen-bond donors (Lipinski definition) is 1. The van der Waals surface area contributed by atoms with Crippen LogP contribution in [0, 0.1) is 5.92 Å². The maximum absolute atomic E-state index is 5.67. The van der Waals surface area contributed by atoms with E-state index in [0.717, 1.165) is 26.2 Å². The van der Waals surface area contributed by atoms with Crippen molar-refractivity contribution in [2.75, 3.05) is 19.8 Å². The summed E-state index contributed by atoms with van der Waals surface area (Å²) >= 11 is 0. The lowest BCUT2D eigenvalue weighted by Crippen LogP contribution is -2.48. The third-order valence-electron chi connectivity index (χ3n) is 3.09. The van der Waals surface area contributed by atoms with Crippen molar-refractivity contribution in [3.63, 3.8) is 0 Å². The van der Waals surface area contributed by atoms with Crippen molar-refractivity contribution in [1.29, 1.82) is 0 Å². The summed E-state index contributed by atoms with van der Waals surface area (Å²) in [5.41, 5.74) is 0.273. The smallest absolute Gasteiger partial charge is 0.0650 e. The van der Waals surface area contributed by atoms with E-state index in [1.165, 1.54) is 12.8 Å². The van der Waals surface area contributed by atoms with Crippen molar-refractivity contribution in [3.05, 3.63) is 0 Å². The topological polar surface area (TPSA) is 21.3 Å². The van der Waals surface area contributed by atoms with Crippen LogP contribution in [0.3, 0.4) is 0 Å². The summed E-state index contributed by atoms with van der Waals surface area (Å²) in [7, 11) is 0. The van der Waals surface area contributed by atoms with E-state index >= 15 is 0 Å². The van der Waals surface area contributed by atoms with Gasteiger partial charge in [-0.1, -0.05) is 20.8 Å². The molecule has 1 saturated heterocycles. The van der Waals surface area contributed by atoms with E-state index in [0.29, 0.717) is 5.92 Å². The fraction of sp³-hybridized carbons (Fsp3) is 1.00. The molecular weight excluding hydrogens is 162 g/mol. The minimum absolute atomic E-state index is 0.273.